The van der Waals surface area contributed by atoms with Gasteiger partial charge in [0, 0.05) is 17.6 Å². The van der Waals surface area contributed by atoms with Crippen LogP contribution in [0.3, 0.4) is 0 Å². The molecule has 0 spiro atoms. The molecule has 0 aliphatic heterocycles. The van der Waals surface area contributed by atoms with Gasteiger partial charge in [-0.25, -0.2) is 9.78 Å². The Balaban J connectivity index is 1.74. The topological polar surface area (TPSA) is 87.1 Å². The number of alkyl halides is 3. The summed E-state index contributed by atoms with van der Waals surface area (Å²) < 4.78 is 37.8. The molecule has 0 atom stereocenters. The normalized spacial score (nSPS) is 11.1. The van der Waals surface area contributed by atoms with Gasteiger partial charge in [0.1, 0.15) is 5.82 Å². The summed E-state index contributed by atoms with van der Waals surface area (Å²) in [4.78, 5) is 19.2. The van der Waals surface area contributed by atoms with Gasteiger partial charge in [0.05, 0.1) is 11.1 Å². The first-order valence-corrected chi connectivity index (χ1v) is 7.69. The third-order valence-electron chi connectivity index (χ3n) is 3.51. The summed E-state index contributed by atoms with van der Waals surface area (Å²) in [5.41, 5.74) is 0.293. The van der Waals surface area contributed by atoms with Gasteiger partial charge < -0.3 is 15.7 Å². The predicted molar refractivity (Wildman–Crippen MR) is 93.4 cm³/mol. The largest absolute Gasteiger partial charge is 0.478 e. The van der Waals surface area contributed by atoms with E-state index in [-0.39, 0.29) is 11.5 Å². The summed E-state index contributed by atoms with van der Waals surface area (Å²) in [6.07, 6.45) is -2.94. The molecule has 1 aromatic heterocycles. The number of aromatic nitrogens is 2. The van der Waals surface area contributed by atoms with E-state index >= 15 is 0 Å². The van der Waals surface area contributed by atoms with Crippen molar-refractivity contribution >= 4 is 29.1 Å². The second-order valence-corrected chi connectivity index (χ2v) is 5.48. The number of halogens is 3. The highest BCUT2D eigenvalue weighted by Crippen LogP contribution is 2.30. The van der Waals surface area contributed by atoms with Gasteiger partial charge in [-0.05, 0) is 48.5 Å². The van der Waals surface area contributed by atoms with Crippen molar-refractivity contribution in [2.45, 2.75) is 6.18 Å². The lowest BCUT2D eigenvalue weighted by Crippen LogP contribution is -2.05. The summed E-state index contributed by atoms with van der Waals surface area (Å²) in [5.74, 6) is -0.484. The van der Waals surface area contributed by atoms with Crippen molar-refractivity contribution in [2.75, 3.05) is 10.6 Å². The number of hydrogen-bond acceptors (Lipinski definition) is 5. The number of benzene rings is 2. The smallest absolute Gasteiger partial charge is 0.416 e. The minimum absolute atomic E-state index is 0.122. The second kappa shape index (κ2) is 7.32. The van der Waals surface area contributed by atoms with Crippen LogP contribution in [0, 0.1) is 0 Å². The van der Waals surface area contributed by atoms with E-state index in [4.69, 9.17) is 5.11 Å². The van der Waals surface area contributed by atoms with Gasteiger partial charge >= 0.3 is 12.1 Å². The van der Waals surface area contributed by atoms with Crippen molar-refractivity contribution in [3.05, 3.63) is 71.9 Å². The molecule has 0 amide bonds. The van der Waals surface area contributed by atoms with Crippen molar-refractivity contribution in [3.8, 4) is 0 Å². The fourth-order valence-corrected chi connectivity index (χ4v) is 2.24. The van der Waals surface area contributed by atoms with Gasteiger partial charge in [0.2, 0.25) is 5.95 Å². The molecule has 1 heterocycles. The molecule has 9 heteroatoms. The maximum absolute atomic E-state index is 12.6. The molecule has 138 valence electrons. The molecule has 6 nitrogen and oxygen atoms in total. The third kappa shape index (κ3) is 4.72. The number of rotatable bonds is 5. The van der Waals surface area contributed by atoms with E-state index in [1.54, 1.807) is 18.2 Å². The van der Waals surface area contributed by atoms with Gasteiger partial charge in [-0.2, -0.15) is 18.2 Å². The lowest BCUT2D eigenvalue weighted by Gasteiger charge is -2.10. The van der Waals surface area contributed by atoms with E-state index in [0.717, 1.165) is 12.1 Å². The highest BCUT2D eigenvalue weighted by Gasteiger charge is 2.29. The molecule has 0 bridgehead atoms. The summed E-state index contributed by atoms with van der Waals surface area (Å²) >= 11 is 0. The fourth-order valence-electron chi connectivity index (χ4n) is 2.24. The van der Waals surface area contributed by atoms with Crippen molar-refractivity contribution in [1.82, 2.24) is 9.97 Å². The fraction of sp³-hybridized carbons (Fsp3) is 0.0556. The van der Waals surface area contributed by atoms with Crippen LogP contribution in [0.4, 0.5) is 36.3 Å². The molecule has 0 saturated carbocycles. The summed E-state index contributed by atoms with van der Waals surface area (Å²) in [5, 5.41) is 14.8. The van der Waals surface area contributed by atoms with Gasteiger partial charge in [-0.1, -0.05) is 6.07 Å². The Kier molecular flexibility index (Phi) is 4.93. The third-order valence-corrected chi connectivity index (χ3v) is 3.51. The first kappa shape index (κ1) is 18.2. The lowest BCUT2D eigenvalue weighted by atomic mass is 10.2. The Labute approximate surface area is 151 Å². The molecular weight excluding hydrogens is 361 g/mol. The molecule has 3 N–H and O–H groups in total. The number of hydrogen-bond donors (Lipinski definition) is 3. The van der Waals surface area contributed by atoms with E-state index in [9.17, 15) is 18.0 Å². The standard InChI is InChI=1S/C18H13F3N4O2/c19-18(20,21)12-4-6-13(7-5-12)24-17-22-9-8-15(25-17)23-14-3-1-2-11(10-14)16(26)27/h1-10H,(H,26,27)(H2,22,23,24,25). The van der Waals surface area contributed by atoms with E-state index in [2.05, 4.69) is 20.6 Å². The van der Waals surface area contributed by atoms with Crippen LogP contribution in [0.5, 0.6) is 0 Å². The van der Waals surface area contributed by atoms with Crippen molar-refractivity contribution < 1.29 is 23.1 Å². The molecule has 0 aliphatic carbocycles. The Hall–Kier alpha value is -3.62. The SMILES string of the molecule is O=C(O)c1cccc(Nc2ccnc(Nc3ccc(C(F)(F)F)cc3)n2)c1. The molecule has 3 rings (SSSR count). The molecule has 0 unspecified atom stereocenters. The molecular formula is C18H13F3N4O2. The minimum atomic E-state index is -4.40. The van der Waals surface area contributed by atoms with Crippen LogP contribution in [-0.4, -0.2) is 21.0 Å². The van der Waals surface area contributed by atoms with Crippen LogP contribution in [-0.2, 0) is 6.18 Å². The zero-order valence-corrected chi connectivity index (χ0v) is 13.7. The van der Waals surface area contributed by atoms with E-state index in [1.807, 2.05) is 0 Å². The first-order chi connectivity index (χ1) is 12.8. The highest BCUT2D eigenvalue weighted by molar-refractivity contribution is 5.89. The quantitative estimate of drug-likeness (QED) is 0.601. The number of aromatic carboxylic acids is 1. The van der Waals surface area contributed by atoms with Crippen LogP contribution in [0.15, 0.2) is 60.8 Å². The number of nitrogens with one attached hydrogen (secondary N) is 2. The number of carboxylic acids is 1. The molecule has 3 aromatic rings. The van der Waals surface area contributed by atoms with Crippen LogP contribution < -0.4 is 10.6 Å². The van der Waals surface area contributed by atoms with Gasteiger partial charge in [0.25, 0.3) is 0 Å². The lowest BCUT2D eigenvalue weighted by molar-refractivity contribution is -0.137. The summed E-state index contributed by atoms with van der Waals surface area (Å²) in [7, 11) is 0. The molecule has 27 heavy (non-hydrogen) atoms. The number of anilines is 4. The van der Waals surface area contributed by atoms with Crippen LogP contribution >= 0.6 is 0 Å². The molecule has 0 saturated heterocycles. The molecule has 0 aliphatic rings. The highest BCUT2D eigenvalue weighted by atomic mass is 19.4. The monoisotopic (exact) mass is 374 g/mol. The summed E-state index contributed by atoms with van der Waals surface area (Å²) in [6, 6.07) is 12.2. The summed E-state index contributed by atoms with van der Waals surface area (Å²) in [6.45, 7) is 0. The molecule has 0 fully saturated rings. The predicted octanol–water partition coefficient (Wildman–Crippen LogP) is 4.68. The zero-order valence-electron chi connectivity index (χ0n) is 13.7. The van der Waals surface area contributed by atoms with Crippen LogP contribution in [0.25, 0.3) is 0 Å². The van der Waals surface area contributed by atoms with Gasteiger partial charge in [-0.15, -0.1) is 0 Å². The molecule has 0 radical (unpaired) electrons. The number of nitrogens with zero attached hydrogens (tertiary/aromatic N) is 2. The number of carbonyl (C=O) groups is 1. The van der Waals surface area contributed by atoms with Crippen LogP contribution in [0.1, 0.15) is 15.9 Å². The van der Waals surface area contributed by atoms with Crippen molar-refractivity contribution in [2.24, 2.45) is 0 Å². The van der Waals surface area contributed by atoms with Crippen LogP contribution in [0.2, 0.25) is 0 Å². The van der Waals surface area contributed by atoms with E-state index in [0.29, 0.717) is 17.2 Å². The molecule has 2 aromatic carbocycles. The maximum atomic E-state index is 12.6. The number of carboxylic acid groups (broad SMARTS) is 1. The Bertz CT molecular complexity index is 959. The average molecular weight is 374 g/mol. The van der Waals surface area contributed by atoms with E-state index in [1.165, 1.54) is 30.5 Å². The van der Waals surface area contributed by atoms with Gasteiger partial charge in [-0.3, -0.25) is 0 Å². The average Bonchev–Trinajstić information content (AvgIpc) is 2.62. The Morgan fingerprint density at radius 2 is 1.70 bits per heavy atom. The maximum Gasteiger partial charge on any atom is 0.416 e. The van der Waals surface area contributed by atoms with Gasteiger partial charge in [0.15, 0.2) is 0 Å². The van der Waals surface area contributed by atoms with Crippen molar-refractivity contribution in [1.29, 1.82) is 0 Å². The first-order valence-electron chi connectivity index (χ1n) is 7.69. The minimum Gasteiger partial charge on any atom is -0.478 e. The second-order valence-electron chi connectivity index (χ2n) is 5.48. The van der Waals surface area contributed by atoms with Crippen molar-refractivity contribution in [3.63, 3.8) is 0 Å². The Morgan fingerprint density at radius 1 is 0.963 bits per heavy atom. The zero-order chi connectivity index (χ0) is 19.4. The van der Waals surface area contributed by atoms with E-state index < -0.39 is 17.7 Å². The Morgan fingerprint density at radius 3 is 2.37 bits per heavy atom.